The first kappa shape index (κ1) is 21.6. The molecule has 138 valence electrons. The summed E-state index contributed by atoms with van der Waals surface area (Å²) in [6.45, 7) is 13.8. The van der Waals surface area contributed by atoms with Gasteiger partial charge in [0.25, 0.3) is 0 Å². The van der Waals surface area contributed by atoms with Crippen molar-refractivity contribution in [2.75, 3.05) is 0 Å². The first-order valence-electron chi connectivity index (χ1n) is 9.36. The predicted octanol–water partition coefficient (Wildman–Crippen LogP) is 5.53. The standard InChI is InChI=1S/C21H32O3Si/c1-5-9-10-11-12-13-18-23-24-21(22)19-14-16-20(17-15-19)25(6-2,7-3)8-4/h6,14-18H,1-2,5,7-13H2,3-4H3. The summed E-state index contributed by atoms with van der Waals surface area (Å²) < 4.78 is 0. The maximum atomic E-state index is 12.0. The highest BCUT2D eigenvalue weighted by Crippen LogP contribution is 2.17. The zero-order valence-corrected chi connectivity index (χ0v) is 16.8. The van der Waals surface area contributed by atoms with Crippen molar-refractivity contribution >= 4 is 19.2 Å². The maximum Gasteiger partial charge on any atom is 0.373 e. The molecule has 0 spiro atoms. The van der Waals surface area contributed by atoms with E-state index in [-0.39, 0.29) is 0 Å². The van der Waals surface area contributed by atoms with Crippen LogP contribution in [0.5, 0.6) is 0 Å². The quantitative estimate of drug-likeness (QED) is 0.201. The van der Waals surface area contributed by atoms with Crippen LogP contribution >= 0.6 is 0 Å². The van der Waals surface area contributed by atoms with Crippen LogP contribution in [0.15, 0.2) is 36.5 Å². The van der Waals surface area contributed by atoms with Crippen LogP contribution in [0, 0.1) is 13.5 Å². The lowest BCUT2D eigenvalue weighted by atomic mass is 10.1. The van der Waals surface area contributed by atoms with Gasteiger partial charge in [-0.2, -0.15) is 4.89 Å². The van der Waals surface area contributed by atoms with Gasteiger partial charge in [-0.05, 0) is 18.6 Å². The number of hydrogen-bond donors (Lipinski definition) is 0. The van der Waals surface area contributed by atoms with Crippen molar-refractivity contribution in [1.29, 1.82) is 0 Å². The number of unbranched alkanes of at least 4 members (excludes halogenated alkanes) is 5. The van der Waals surface area contributed by atoms with Gasteiger partial charge in [-0.3, -0.25) is 4.89 Å². The van der Waals surface area contributed by atoms with Gasteiger partial charge in [-0.1, -0.05) is 88.0 Å². The van der Waals surface area contributed by atoms with Gasteiger partial charge in [0.05, 0.1) is 5.56 Å². The van der Waals surface area contributed by atoms with Crippen molar-refractivity contribution in [2.24, 2.45) is 0 Å². The van der Waals surface area contributed by atoms with Crippen LogP contribution < -0.4 is 5.19 Å². The molecule has 4 heteroatoms. The smallest absolute Gasteiger partial charge is 0.292 e. The van der Waals surface area contributed by atoms with E-state index < -0.39 is 14.0 Å². The molecule has 0 unspecified atom stereocenters. The zero-order valence-electron chi connectivity index (χ0n) is 15.8. The van der Waals surface area contributed by atoms with E-state index in [1.165, 1.54) is 11.6 Å². The van der Waals surface area contributed by atoms with Gasteiger partial charge >= 0.3 is 5.97 Å². The Hall–Kier alpha value is -1.39. The van der Waals surface area contributed by atoms with E-state index >= 15 is 0 Å². The number of benzene rings is 1. The average molecular weight is 361 g/mol. The summed E-state index contributed by atoms with van der Waals surface area (Å²) in [6, 6.07) is 9.92. The largest absolute Gasteiger partial charge is 0.373 e. The summed E-state index contributed by atoms with van der Waals surface area (Å²) in [5, 5.41) is 1.30. The summed E-state index contributed by atoms with van der Waals surface area (Å²) in [5.41, 5.74) is 2.64. The zero-order chi connectivity index (χ0) is 18.5. The summed E-state index contributed by atoms with van der Waals surface area (Å²) in [4.78, 5) is 21.8. The third-order valence-electron chi connectivity index (χ3n) is 4.86. The fraction of sp³-hybridized carbons (Fsp3) is 0.476. The second-order valence-corrected chi connectivity index (χ2v) is 11.0. The minimum atomic E-state index is -1.63. The Bertz CT molecular complexity index is 506. The molecule has 0 N–H and O–H groups in total. The molecular formula is C21H32O3Si. The van der Waals surface area contributed by atoms with Gasteiger partial charge in [-0.25, -0.2) is 4.79 Å². The first-order chi connectivity index (χ1) is 12.1. The highest BCUT2D eigenvalue weighted by Gasteiger charge is 2.27. The molecule has 1 aromatic rings. The Balaban J connectivity index is 2.41. The minimum Gasteiger partial charge on any atom is -0.292 e. The van der Waals surface area contributed by atoms with Crippen LogP contribution in [-0.2, 0) is 9.78 Å². The van der Waals surface area contributed by atoms with Crippen LogP contribution in [0.1, 0.15) is 62.7 Å². The van der Waals surface area contributed by atoms with E-state index in [9.17, 15) is 4.79 Å². The Morgan fingerprint density at radius 2 is 1.72 bits per heavy atom. The molecule has 0 bridgehead atoms. The Morgan fingerprint density at radius 3 is 2.28 bits per heavy atom. The second-order valence-electron chi connectivity index (χ2n) is 6.33. The van der Waals surface area contributed by atoms with Crippen LogP contribution in [0.4, 0.5) is 0 Å². The molecule has 0 aliphatic heterocycles. The fourth-order valence-corrected chi connectivity index (χ4v) is 5.90. The van der Waals surface area contributed by atoms with Crippen LogP contribution in [0.25, 0.3) is 0 Å². The van der Waals surface area contributed by atoms with E-state index in [2.05, 4.69) is 33.0 Å². The van der Waals surface area contributed by atoms with Gasteiger partial charge in [0.2, 0.25) is 0 Å². The van der Waals surface area contributed by atoms with Crippen molar-refractivity contribution in [3.05, 3.63) is 55.6 Å². The van der Waals surface area contributed by atoms with E-state index in [1.807, 2.05) is 24.3 Å². The molecule has 3 nitrogen and oxygen atoms in total. The van der Waals surface area contributed by atoms with Gasteiger partial charge in [0, 0.05) is 0 Å². The van der Waals surface area contributed by atoms with Gasteiger partial charge in [0.15, 0.2) is 0 Å². The second kappa shape index (κ2) is 12.0. The van der Waals surface area contributed by atoms with Gasteiger partial charge < -0.3 is 0 Å². The lowest BCUT2D eigenvalue weighted by Crippen LogP contribution is -2.44. The Kier molecular flexibility index (Phi) is 10.4. The molecule has 0 atom stereocenters. The average Bonchev–Trinajstić information content (AvgIpc) is 2.66. The van der Waals surface area contributed by atoms with Crippen molar-refractivity contribution in [3.63, 3.8) is 0 Å². The summed E-state index contributed by atoms with van der Waals surface area (Å²) in [6.07, 6.45) is 6.31. The molecule has 0 aliphatic carbocycles. The summed E-state index contributed by atoms with van der Waals surface area (Å²) in [7, 11) is -1.63. The van der Waals surface area contributed by atoms with Crippen molar-refractivity contribution in [3.8, 4) is 0 Å². The minimum absolute atomic E-state index is 0.460. The molecule has 25 heavy (non-hydrogen) atoms. The van der Waals surface area contributed by atoms with E-state index in [0.29, 0.717) is 5.56 Å². The molecule has 0 heterocycles. The molecule has 0 saturated heterocycles. The van der Waals surface area contributed by atoms with Crippen molar-refractivity contribution in [1.82, 2.24) is 0 Å². The number of carbonyl (C=O) groups is 1. The highest BCUT2D eigenvalue weighted by molar-refractivity contribution is 6.95. The molecular weight excluding hydrogens is 328 g/mol. The Morgan fingerprint density at radius 1 is 1.08 bits per heavy atom. The summed E-state index contributed by atoms with van der Waals surface area (Å²) >= 11 is 0. The predicted molar refractivity (Wildman–Crippen MR) is 107 cm³/mol. The van der Waals surface area contributed by atoms with Gasteiger partial charge in [-0.15, -0.1) is 6.58 Å². The van der Waals surface area contributed by atoms with Gasteiger partial charge in [0.1, 0.15) is 14.7 Å². The monoisotopic (exact) mass is 360 g/mol. The molecule has 1 rings (SSSR count). The first-order valence-corrected chi connectivity index (χ1v) is 11.9. The van der Waals surface area contributed by atoms with E-state index in [1.54, 1.807) is 6.61 Å². The maximum absolute atomic E-state index is 12.0. The Labute approximate surface area is 154 Å². The molecule has 0 saturated carbocycles. The normalized spacial score (nSPS) is 11.3. The fourth-order valence-electron chi connectivity index (χ4n) is 2.93. The van der Waals surface area contributed by atoms with Crippen LogP contribution in [0.2, 0.25) is 12.1 Å². The van der Waals surface area contributed by atoms with Crippen molar-refractivity contribution < 1.29 is 14.6 Å². The molecule has 0 fully saturated rings. The third-order valence-corrected chi connectivity index (χ3v) is 9.65. The number of carbonyl (C=O) groups excluding carboxylic acids is 1. The number of rotatable bonds is 13. The topological polar surface area (TPSA) is 35.5 Å². The van der Waals surface area contributed by atoms with Crippen molar-refractivity contribution in [2.45, 2.75) is 64.5 Å². The molecule has 0 aromatic heterocycles. The van der Waals surface area contributed by atoms with E-state index in [0.717, 1.165) is 44.2 Å². The molecule has 2 radical (unpaired) electrons. The highest BCUT2D eigenvalue weighted by atomic mass is 28.3. The summed E-state index contributed by atoms with van der Waals surface area (Å²) in [5.74, 6) is -0.460. The number of hydrogen-bond acceptors (Lipinski definition) is 3. The van der Waals surface area contributed by atoms with Crippen LogP contribution in [0.3, 0.4) is 0 Å². The lowest BCUT2D eigenvalue weighted by molar-refractivity contribution is -0.213. The molecule has 0 aliphatic rings. The van der Waals surface area contributed by atoms with E-state index in [4.69, 9.17) is 9.78 Å². The van der Waals surface area contributed by atoms with Crippen LogP contribution in [-0.4, -0.2) is 14.0 Å². The molecule has 1 aromatic carbocycles. The SMILES string of the molecule is [CH2]CCCCCC[CH]OOC(=O)c1ccc([Si](C=C)(CC)CC)cc1. The third kappa shape index (κ3) is 6.79. The lowest BCUT2D eigenvalue weighted by Gasteiger charge is -2.25. The molecule has 0 amide bonds.